The lowest BCUT2D eigenvalue weighted by Gasteiger charge is -2.32. The summed E-state index contributed by atoms with van der Waals surface area (Å²) in [5, 5.41) is 3.57. The van der Waals surface area contributed by atoms with Crippen LogP contribution in [0.5, 0.6) is 0 Å². The Hall–Kier alpha value is -0.570. The van der Waals surface area contributed by atoms with E-state index in [1.165, 1.54) is 17.8 Å². The number of hydrazine groups is 1. The average Bonchev–Trinajstić information content (AvgIpc) is 2.83. The van der Waals surface area contributed by atoms with Crippen molar-refractivity contribution in [3.8, 4) is 0 Å². The van der Waals surface area contributed by atoms with E-state index in [-0.39, 0.29) is 17.2 Å². The molecule has 3 unspecified atom stereocenters. The number of sulfone groups is 1. The first-order valence-electron chi connectivity index (χ1n) is 5.94. The van der Waals surface area contributed by atoms with Crippen molar-refractivity contribution in [2.45, 2.75) is 37.0 Å². The highest BCUT2D eigenvalue weighted by molar-refractivity contribution is 7.91. The zero-order chi connectivity index (χ0) is 13.2. The monoisotopic (exact) mass is 290 g/mol. The van der Waals surface area contributed by atoms with Crippen LogP contribution in [0.25, 0.3) is 0 Å². The summed E-state index contributed by atoms with van der Waals surface area (Å²) in [4.78, 5) is 0.969. The molecule has 3 atom stereocenters. The van der Waals surface area contributed by atoms with Crippen LogP contribution in [0, 0.1) is 5.92 Å². The molecule has 0 aliphatic heterocycles. The molecular weight excluding hydrogens is 272 g/mol. The summed E-state index contributed by atoms with van der Waals surface area (Å²) in [6.07, 6.45) is 6.34. The summed E-state index contributed by atoms with van der Waals surface area (Å²) in [6.45, 7) is 0. The van der Waals surface area contributed by atoms with E-state index in [1.807, 2.05) is 0 Å². The molecular formula is C10H18N4O2S2. The van der Waals surface area contributed by atoms with Gasteiger partial charge >= 0.3 is 0 Å². The lowest BCUT2D eigenvalue weighted by atomic mass is 9.83. The fourth-order valence-electron chi connectivity index (χ4n) is 2.64. The number of hydrogen-bond donors (Lipinski definition) is 2. The van der Waals surface area contributed by atoms with Crippen molar-refractivity contribution >= 4 is 21.4 Å². The quantitative estimate of drug-likeness (QED) is 0.624. The van der Waals surface area contributed by atoms with Crippen LogP contribution in [0.3, 0.4) is 0 Å². The molecule has 3 N–H and O–H groups in total. The molecule has 102 valence electrons. The molecule has 0 spiro atoms. The molecule has 2 rings (SSSR count). The van der Waals surface area contributed by atoms with Gasteiger partial charge in [0.2, 0.25) is 0 Å². The minimum atomic E-state index is -2.97. The Labute approximate surface area is 111 Å². The first-order chi connectivity index (χ1) is 8.52. The third-order valence-electron chi connectivity index (χ3n) is 3.61. The summed E-state index contributed by atoms with van der Waals surface area (Å²) in [6, 6.07) is -0.0467. The zero-order valence-electron chi connectivity index (χ0n) is 10.2. The van der Waals surface area contributed by atoms with Gasteiger partial charge in [-0.25, -0.2) is 8.42 Å². The Kier molecular flexibility index (Phi) is 4.31. The van der Waals surface area contributed by atoms with Crippen molar-refractivity contribution in [1.29, 1.82) is 0 Å². The highest BCUT2D eigenvalue weighted by atomic mass is 32.2. The fourth-order valence-corrected chi connectivity index (χ4v) is 4.48. The molecule has 0 amide bonds. The maximum absolute atomic E-state index is 11.7. The Morgan fingerprint density at radius 1 is 1.56 bits per heavy atom. The summed E-state index contributed by atoms with van der Waals surface area (Å²) in [5.41, 5.74) is 2.78. The Morgan fingerprint density at radius 3 is 2.89 bits per heavy atom. The molecule has 1 aliphatic carbocycles. The number of hydrogen-bond acceptors (Lipinski definition) is 7. The third-order valence-corrected chi connectivity index (χ3v) is 5.99. The van der Waals surface area contributed by atoms with Gasteiger partial charge in [0, 0.05) is 6.26 Å². The van der Waals surface area contributed by atoms with E-state index in [2.05, 4.69) is 15.0 Å². The van der Waals surface area contributed by atoms with E-state index in [9.17, 15) is 8.42 Å². The average molecular weight is 290 g/mol. The number of rotatable bonds is 4. The van der Waals surface area contributed by atoms with E-state index in [0.29, 0.717) is 6.42 Å². The maximum atomic E-state index is 11.7. The minimum Gasteiger partial charge on any atom is -0.271 e. The first kappa shape index (κ1) is 13.9. The van der Waals surface area contributed by atoms with E-state index < -0.39 is 9.84 Å². The molecule has 1 fully saturated rings. The van der Waals surface area contributed by atoms with Crippen LogP contribution < -0.4 is 11.3 Å². The standard InChI is InChI=1S/C10H18N4O2S2/c1-18(15,16)8-4-2-3-7(5-8)10(13-11)9-6-12-14-17-9/h6-8,10,13H,2-5,11H2,1H3. The van der Waals surface area contributed by atoms with Gasteiger partial charge in [-0.3, -0.25) is 11.3 Å². The van der Waals surface area contributed by atoms with Gasteiger partial charge in [0.15, 0.2) is 0 Å². The van der Waals surface area contributed by atoms with Crippen molar-refractivity contribution in [2.24, 2.45) is 11.8 Å². The molecule has 1 aromatic heterocycles. The molecule has 18 heavy (non-hydrogen) atoms. The fraction of sp³-hybridized carbons (Fsp3) is 0.800. The Balaban J connectivity index is 2.12. The minimum absolute atomic E-state index is 0.0467. The van der Waals surface area contributed by atoms with Crippen molar-refractivity contribution in [3.63, 3.8) is 0 Å². The van der Waals surface area contributed by atoms with Crippen LogP contribution in [-0.2, 0) is 9.84 Å². The van der Waals surface area contributed by atoms with Crippen LogP contribution in [-0.4, -0.2) is 29.5 Å². The SMILES string of the molecule is CS(=O)(=O)C1CCCC(C(NN)c2cnns2)C1. The number of nitrogens with one attached hydrogen (secondary N) is 1. The second-order valence-corrected chi connectivity index (χ2v) is 7.99. The molecule has 1 heterocycles. The van der Waals surface area contributed by atoms with Gasteiger partial charge in [0.1, 0.15) is 9.84 Å². The summed E-state index contributed by atoms with van der Waals surface area (Å²) < 4.78 is 27.1. The van der Waals surface area contributed by atoms with Gasteiger partial charge in [-0.05, 0) is 36.7 Å². The normalized spacial score (nSPS) is 27.0. The van der Waals surface area contributed by atoms with Crippen molar-refractivity contribution in [3.05, 3.63) is 11.1 Å². The number of nitrogens with zero attached hydrogens (tertiary/aromatic N) is 2. The number of nitrogens with two attached hydrogens (primary N) is 1. The molecule has 1 saturated carbocycles. The van der Waals surface area contributed by atoms with E-state index in [4.69, 9.17) is 5.84 Å². The van der Waals surface area contributed by atoms with Crippen molar-refractivity contribution in [2.75, 3.05) is 6.26 Å². The van der Waals surface area contributed by atoms with Crippen LogP contribution >= 0.6 is 11.5 Å². The third kappa shape index (κ3) is 3.05. The van der Waals surface area contributed by atoms with Gasteiger partial charge in [-0.15, -0.1) is 5.10 Å². The first-order valence-corrected chi connectivity index (χ1v) is 8.67. The highest BCUT2D eigenvalue weighted by Gasteiger charge is 2.34. The summed E-state index contributed by atoms with van der Waals surface area (Å²) in [5.74, 6) is 5.83. The van der Waals surface area contributed by atoms with E-state index in [0.717, 1.165) is 24.1 Å². The van der Waals surface area contributed by atoms with Gasteiger partial charge in [0.05, 0.1) is 22.4 Å². The molecule has 8 heteroatoms. The van der Waals surface area contributed by atoms with Gasteiger partial charge in [0.25, 0.3) is 0 Å². The largest absolute Gasteiger partial charge is 0.271 e. The van der Waals surface area contributed by atoms with Crippen LogP contribution in [0.15, 0.2) is 6.20 Å². The topological polar surface area (TPSA) is 98.0 Å². The van der Waals surface area contributed by atoms with E-state index in [1.54, 1.807) is 6.20 Å². The molecule has 1 aliphatic rings. The molecule has 0 saturated heterocycles. The van der Waals surface area contributed by atoms with Crippen molar-refractivity contribution in [1.82, 2.24) is 15.0 Å². The predicted molar refractivity (Wildman–Crippen MR) is 70.6 cm³/mol. The lowest BCUT2D eigenvalue weighted by Crippen LogP contribution is -2.38. The molecule has 0 bridgehead atoms. The van der Waals surface area contributed by atoms with Crippen LogP contribution in [0.2, 0.25) is 0 Å². The predicted octanol–water partition coefficient (Wildman–Crippen LogP) is 0.646. The molecule has 6 nitrogen and oxygen atoms in total. The summed E-state index contributed by atoms with van der Waals surface area (Å²) >= 11 is 1.30. The van der Waals surface area contributed by atoms with E-state index >= 15 is 0 Å². The van der Waals surface area contributed by atoms with Gasteiger partial charge < -0.3 is 0 Å². The molecule has 0 aromatic carbocycles. The Morgan fingerprint density at radius 2 is 2.33 bits per heavy atom. The second kappa shape index (κ2) is 5.60. The maximum Gasteiger partial charge on any atom is 0.150 e. The highest BCUT2D eigenvalue weighted by Crippen LogP contribution is 2.37. The van der Waals surface area contributed by atoms with Crippen LogP contribution in [0.1, 0.15) is 36.6 Å². The smallest absolute Gasteiger partial charge is 0.150 e. The second-order valence-electron chi connectivity index (χ2n) is 4.84. The summed E-state index contributed by atoms with van der Waals surface area (Å²) in [7, 11) is -2.97. The van der Waals surface area contributed by atoms with Crippen LogP contribution in [0.4, 0.5) is 0 Å². The lowest BCUT2D eigenvalue weighted by molar-refractivity contribution is 0.277. The Bertz CT molecular complexity index is 474. The van der Waals surface area contributed by atoms with Gasteiger partial charge in [-0.1, -0.05) is 10.9 Å². The molecule has 1 aromatic rings. The van der Waals surface area contributed by atoms with Gasteiger partial charge in [-0.2, -0.15) is 0 Å². The van der Waals surface area contributed by atoms with Crippen molar-refractivity contribution < 1.29 is 8.42 Å². The molecule has 0 radical (unpaired) electrons. The zero-order valence-corrected chi connectivity index (χ0v) is 11.9. The number of aromatic nitrogens is 2.